The SMILES string of the molecule is COc1ccc(F)cc1C(O)=C1C(=O)C(=O)N(CCN2CCOCC2)[C@@H]1c1ccco1. The second-order valence-corrected chi connectivity index (χ2v) is 7.31. The maximum atomic E-state index is 13.9. The lowest BCUT2D eigenvalue weighted by atomic mass is 9.98. The molecule has 1 N–H and O–H groups in total. The van der Waals surface area contributed by atoms with Gasteiger partial charge in [-0.05, 0) is 30.3 Å². The smallest absolute Gasteiger partial charge is 0.295 e. The van der Waals surface area contributed by atoms with E-state index < -0.39 is 29.3 Å². The summed E-state index contributed by atoms with van der Waals surface area (Å²) >= 11 is 0. The minimum atomic E-state index is -0.927. The molecule has 9 heteroatoms. The molecule has 0 saturated carbocycles. The highest BCUT2D eigenvalue weighted by atomic mass is 19.1. The largest absolute Gasteiger partial charge is 0.507 e. The van der Waals surface area contributed by atoms with E-state index in [1.807, 2.05) is 0 Å². The van der Waals surface area contributed by atoms with Gasteiger partial charge in [0.25, 0.3) is 11.7 Å². The van der Waals surface area contributed by atoms with Crippen molar-refractivity contribution in [3.8, 4) is 5.75 Å². The Hall–Kier alpha value is -3.17. The van der Waals surface area contributed by atoms with Crippen LogP contribution >= 0.6 is 0 Å². The molecular weight excluding hydrogens is 407 g/mol. The number of halogens is 1. The maximum Gasteiger partial charge on any atom is 0.295 e. The van der Waals surface area contributed by atoms with Crippen LogP contribution in [0, 0.1) is 5.82 Å². The summed E-state index contributed by atoms with van der Waals surface area (Å²) in [5, 5.41) is 11.0. The highest BCUT2D eigenvalue weighted by Crippen LogP contribution is 2.41. The quantitative estimate of drug-likeness (QED) is 0.427. The zero-order valence-electron chi connectivity index (χ0n) is 17.0. The lowest BCUT2D eigenvalue weighted by Crippen LogP contribution is -2.42. The van der Waals surface area contributed by atoms with Gasteiger partial charge in [-0.15, -0.1) is 0 Å². The Bertz CT molecular complexity index is 997. The molecule has 3 heterocycles. The monoisotopic (exact) mass is 430 g/mol. The van der Waals surface area contributed by atoms with Crippen molar-refractivity contribution in [3.63, 3.8) is 0 Å². The van der Waals surface area contributed by atoms with Crippen molar-refractivity contribution in [3.05, 3.63) is 59.3 Å². The highest BCUT2D eigenvalue weighted by molar-refractivity contribution is 6.46. The fourth-order valence-corrected chi connectivity index (χ4v) is 3.94. The summed E-state index contributed by atoms with van der Waals surface area (Å²) in [6.07, 6.45) is 1.43. The zero-order valence-corrected chi connectivity index (χ0v) is 17.0. The van der Waals surface area contributed by atoms with Gasteiger partial charge in [-0.2, -0.15) is 0 Å². The summed E-state index contributed by atoms with van der Waals surface area (Å²) < 4.78 is 29.9. The second-order valence-electron chi connectivity index (χ2n) is 7.31. The van der Waals surface area contributed by atoms with Gasteiger partial charge in [-0.25, -0.2) is 4.39 Å². The summed E-state index contributed by atoms with van der Waals surface area (Å²) in [6, 6.07) is 5.94. The highest BCUT2D eigenvalue weighted by Gasteiger charge is 2.47. The Labute approximate surface area is 178 Å². The number of ketones is 1. The van der Waals surface area contributed by atoms with Gasteiger partial charge in [-0.1, -0.05) is 0 Å². The fourth-order valence-electron chi connectivity index (χ4n) is 3.94. The summed E-state index contributed by atoms with van der Waals surface area (Å²) in [6.45, 7) is 3.48. The molecule has 2 fully saturated rings. The third kappa shape index (κ3) is 4.06. The van der Waals surface area contributed by atoms with E-state index in [4.69, 9.17) is 13.9 Å². The molecule has 31 heavy (non-hydrogen) atoms. The van der Waals surface area contributed by atoms with Gasteiger partial charge < -0.3 is 23.9 Å². The third-order valence-electron chi connectivity index (χ3n) is 5.53. The number of likely N-dealkylation sites (tertiary alicyclic amines) is 1. The van der Waals surface area contributed by atoms with E-state index in [2.05, 4.69) is 4.90 Å². The Morgan fingerprint density at radius 3 is 2.68 bits per heavy atom. The fraction of sp³-hybridized carbons (Fsp3) is 0.364. The van der Waals surface area contributed by atoms with Crippen molar-refractivity contribution in [2.45, 2.75) is 6.04 Å². The Morgan fingerprint density at radius 2 is 2.00 bits per heavy atom. The molecule has 0 radical (unpaired) electrons. The van der Waals surface area contributed by atoms with E-state index in [0.717, 1.165) is 19.2 Å². The van der Waals surface area contributed by atoms with E-state index >= 15 is 0 Å². The Balaban J connectivity index is 1.74. The van der Waals surface area contributed by atoms with E-state index in [0.29, 0.717) is 25.5 Å². The van der Waals surface area contributed by atoms with Crippen LogP contribution in [-0.4, -0.2) is 73.1 Å². The second kappa shape index (κ2) is 8.91. The van der Waals surface area contributed by atoms with Crippen LogP contribution in [0.25, 0.3) is 5.76 Å². The Morgan fingerprint density at radius 1 is 1.23 bits per heavy atom. The van der Waals surface area contributed by atoms with Gasteiger partial charge in [0, 0.05) is 26.2 Å². The first kappa shape index (κ1) is 21.1. The average molecular weight is 430 g/mol. The molecule has 0 bridgehead atoms. The summed E-state index contributed by atoms with van der Waals surface area (Å²) in [5.74, 6) is -2.21. The van der Waals surface area contributed by atoms with Crippen molar-refractivity contribution in [2.75, 3.05) is 46.5 Å². The van der Waals surface area contributed by atoms with Crippen LogP contribution in [0.3, 0.4) is 0 Å². The van der Waals surface area contributed by atoms with Gasteiger partial charge in [-0.3, -0.25) is 14.5 Å². The molecule has 2 aliphatic rings. The lowest BCUT2D eigenvalue weighted by Gasteiger charge is -2.30. The summed E-state index contributed by atoms with van der Waals surface area (Å²) in [7, 11) is 1.37. The first-order valence-electron chi connectivity index (χ1n) is 9.97. The number of morpholine rings is 1. The number of ether oxygens (including phenoxy) is 2. The number of Topliss-reactive ketones (excluding diaryl/α,β-unsaturated/α-hetero) is 1. The number of carbonyl (C=O) groups excluding carboxylic acids is 2. The molecule has 1 amide bonds. The van der Waals surface area contributed by atoms with Crippen molar-refractivity contribution in [2.24, 2.45) is 0 Å². The maximum absolute atomic E-state index is 13.9. The number of aliphatic hydroxyl groups excluding tert-OH is 1. The molecule has 1 aromatic heterocycles. The number of nitrogens with zero attached hydrogens (tertiary/aromatic N) is 2. The van der Waals surface area contributed by atoms with Gasteiger partial charge in [0.15, 0.2) is 0 Å². The number of furan rings is 1. The van der Waals surface area contributed by atoms with Crippen molar-refractivity contribution in [1.29, 1.82) is 0 Å². The molecule has 4 rings (SSSR count). The molecule has 2 aromatic rings. The van der Waals surface area contributed by atoms with Gasteiger partial charge in [0.2, 0.25) is 0 Å². The first-order chi connectivity index (χ1) is 15.0. The van der Waals surface area contributed by atoms with Crippen molar-refractivity contribution >= 4 is 17.4 Å². The van der Waals surface area contributed by atoms with Crippen LogP contribution in [0.2, 0.25) is 0 Å². The number of carbonyl (C=O) groups is 2. The van der Waals surface area contributed by atoms with Gasteiger partial charge in [0.05, 0.1) is 37.7 Å². The average Bonchev–Trinajstić information content (AvgIpc) is 3.40. The topological polar surface area (TPSA) is 92.5 Å². The van der Waals surface area contributed by atoms with Crippen LogP contribution in [0.5, 0.6) is 5.75 Å². The number of amides is 1. The third-order valence-corrected chi connectivity index (χ3v) is 5.53. The van der Waals surface area contributed by atoms with Crippen LogP contribution in [-0.2, 0) is 14.3 Å². The van der Waals surface area contributed by atoms with E-state index in [1.165, 1.54) is 30.4 Å². The number of rotatable bonds is 6. The molecule has 0 aliphatic carbocycles. The zero-order chi connectivity index (χ0) is 22.0. The predicted octanol–water partition coefficient (Wildman–Crippen LogP) is 2.18. The normalized spacial score (nSPS) is 21.6. The molecular formula is C22H23FN2O6. The van der Waals surface area contributed by atoms with Crippen LogP contribution in [0.15, 0.2) is 46.6 Å². The number of methoxy groups -OCH3 is 1. The molecule has 2 aliphatic heterocycles. The van der Waals surface area contributed by atoms with Crippen molar-refractivity contribution in [1.82, 2.24) is 9.80 Å². The van der Waals surface area contributed by atoms with E-state index in [-0.39, 0.29) is 23.4 Å². The minimum Gasteiger partial charge on any atom is -0.507 e. The van der Waals surface area contributed by atoms with Gasteiger partial charge >= 0.3 is 0 Å². The van der Waals surface area contributed by atoms with E-state index in [1.54, 1.807) is 12.1 Å². The van der Waals surface area contributed by atoms with Crippen LogP contribution in [0.1, 0.15) is 17.4 Å². The molecule has 1 aromatic carbocycles. The number of aliphatic hydroxyl groups is 1. The lowest BCUT2D eigenvalue weighted by molar-refractivity contribution is -0.140. The van der Waals surface area contributed by atoms with Crippen molar-refractivity contribution < 1.29 is 33.0 Å². The molecule has 0 spiro atoms. The number of benzene rings is 1. The molecule has 1 atom stereocenters. The molecule has 8 nitrogen and oxygen atoms in total. The number of hydrogen-bond donors (Lipinski definition) is 1. The molecule has 2 saturated heterocycles. The summed E-state index contributed by atoms with van der Waals surface area (Å²) in [4.78, 5) is 29.4. The van der Waals surface area contributed by atoms with Crippen LogP contribution in [0.4, 0.5) is 4.39 Å². The molecule has 0 unspecified atom stereocenters. The first-order valence-corrected chi connectivity index (χ1v) is 9.97. The Kier molecular flexibility index (Phi) is 6.06. The summed E-state index contributed by atoms with van der Waals surface area (Å²) in [5.41, 5.74) is -0.170. The standard InChI is InChI=1S/C22H23FN2O6/c1-29-16-5-4-14(23)13-15(16)20(26)18-19(17-3-2-10-31-17)25(22(28)21(18)27)7-6-24-8-11-30-12-9-24/h2-5,10,13,19,26H,6-9,11-12H2,1H3/t19-/m1/s1. The van der Waals surface area contributed by atoms with Crippen LogP contribution < -0.4 is 4.74 Å². The predicted molar refractivity (Wildman–Crippen MR) is 108 cm³/mol. The van der Waals surface area contributed by atoms with Gasteiger partial charge in [0.1, 0.15) is 29.1 Å². The number of hydrogen-bond acceptors (Lipinski definition) is 7. The minimum absolute atomic E-state index is 0.00904. The molecule has 164 valence electrons. The van der Waals surface area contributed by atoms with E-state index in [9.17, 15) is 19.1 Å².